The van der Waals surface area contributed by atoms with Crippen LogP contribution in [0.1, 0.15) is 55.0 Å². The van der Waals surface area contributed by atoms with Gasteiger partial charge in [-0.15, -0.1) is 0 Å². The molecule has 128 valence electrons. The number of furan rings is 1. The lowest BCUT2D eigenvalue weighted by molar-refractivity contribution is 0.0551. The monoisotopic (exact) mass is 339 g/mol. The fourth-order valence-electron chi connectivity index (χ4n) is 2.89. The average Bonchev–Trinajstić information content (AvgIpc) is 2.92. The number of hydrogen-bond donors (Lipinski definition) is 2. The normalized spacial score (nSPS) is 14.5. The highest BCUT2D eigenvalue weighted by atomic mass is 35.5. The van der Waals surface area contributed by atoms with Crippen LogP contribution in [0.3, 0.4) is 0 Å². The number of rotatable bonds is 6. The van der Waals surface area contributed by atoms with E-state index in [4.69, 9.17) is 16.0 Å². The maximum atomic E-state index is 10.7. The van der Waals surface area contributed by atoms with Gasteiger partial charge in [-0.3, -0.25) is 4.68 Å². The van der Waals surface area contributed by atoms with Crippen molar-refractivity contribution in [3.63, 3.8) is 0 Å². The summed E-state index contributed by atoms with van der Waals surface area (Å²) in [4.78, 5) is 0. The molecule has 0 fully saturated rings. The molecule has 5 nitrogen and oxygen atoms in total. The van der Waals surface area contributed by atoms with E-state index in [1.807, 2.05) is 27.0 Å². The Hall–Kier alpha value is -1.30. The highest BCUT2D eigenvalue weighted by Crippen LogP contribution is 2.28. The first-order chi connectivity index (χ1) is 10.6. The third-order valence-electron chi connectivity index (χ3n) is 4.04. The Morgan fingerprint density at radius 2 is 2.09 bits per heavy atom. The summed E-state index contributed by atoms with van der Waals surface area (Å²) in [7, 11) is 1.84. The van der Waals surface area contributed by atoms with Crippen LogP contribution in [0.25, 0.3) is 0 Å². The molecule has 23 heavy (non-hydrogen) atoms. The molecule has 6 heteroatoms. The van der Waals surface area contributed by atoms with E-state index < -0.39 is 5.60 Å². The zero-order valence-corrected chi connectivity index (χ0v) is 15.5. The van der Waals surface area contributed by atoms with E-state index in [2.05, 4.69) is 24.3 Å². The largest absolute Gasteiger partial charge is 0.466 e. The van der Waals surface area contributed by atoms with Gasteiger partial charge in [0.1, 0.15) is 22.3 Å². The van der Waals surface area contributed by atoms with Crippen molar-refractivity contribution in [2.24, 2.45) is 7.05 Å². The van der Waals surface area contributed by atoms with Gasteiger partial charge >= 0.3 is 0 Å². The summed E-state index contributed by atoms with van der Waals surface area (Å²) in [6, 6.07) is 1.88. The quantitative estimate of drug-likeness (QED) is 0.846. The summed E-state index contributed by atoms with van der Waals surface area (Å²) in [5.74, 6) is 1.84. The van der Waals surface area contributed by atoms with Gasteiger partial charge in [0, 0.05) is 31.3 Å². The smallest absolute Gasteiger partial charge is 0.131 e. The summed E-state index contributed by atoms with van der Waals surface area (Å²) in [5, 5.41) is 19.1. The number of aryl methyl sites for hydroxylation is 3. The Bertz CT molecular complexity index is 686. The van der Waals surface area contributed by atoms with Crippen molar-refractivity contribution in [1.29, 1.82) is 0 Å². The molecular formula is C17H26ClN3O2. The molecule has 2 aromatic rings. The van der Waals surface area contributed by atoms with Crippen molar-refractivity contribution in [1.82, 2.24) is 15.1 Å². The molecular weight excluding hydrogens is 314 g/mol. The predicted molar refractivity (Wildman–Crippen MR) is 91.8 cm³/mol. The zero-order chi connectivity index (χ0) is 17.4. The van der Waals surface area contributed by atoms with E-state index in [1.165, 1.54) is 0 Å². The third-order valence-corrected chi connectivity index (χ3v) is 4.51. The topological polar surface area (TPSA) is 63.2 Å². The Morgan fingerprint density at radius 3 is 2.61 bits per heavy atom. The number of nitrogens with zero attached hydrogens (tertiary/aromatic N) is 2. The molecule has 0 aliphatic heterocycles. The first-order valence-corrected chi connectivity index (χ1v) is 8.23. The van der Waals surface area contributed by atoms with E-state index in [0.29, 0.717) is 24.2 Å². The number of nitrogens with one attached hydrogen (secondary N) is 1. The van der Waals surface area contributed by atoms with E-state index in [-0.39, 0.29) is 0 Å². The number of hydrogen-bond acceptors (Lipinski definition) is 4. The molecule has 0 spiro atoms. The lowest BCUT2D eigenvalue weighted by Gasteiger charge is -2.23. The van der Waals surface area contributed by atoms with Crippen LogP contribution < -0.4 is 5.32 Å². The molecule has 1 atom stereocenters. The first kappa shape index (κ1) is 18.0. The maximum Gasteiger partial charge on any atom is 0.131 e. The number of aromatic nitrogens is 2. The number of halogens is 1. The zero-order valence-electron chi connectivity index (χ0n) is 14.7. The summed E-state index contributed by atoms with van der Waals surface area (Å²) in [5.41, 5.74) is 1.78. The minimum absolute atomic E-state index is 0.296. The van der Waals surface area contributed by atoms with E-state index in [0.717, 1.165) is 28.3 Å². The van der Waals surface area contributed by atoms with E-state index >= 15 is 0 Å². The maximum absolute atomic E-state index is 10.7. The SMILES string of the molecule is Cc1cc(C(C)(O)CNCc2c(C(C)C)nn(C)c2Cl)c(C)o1. The summed E-state index contributed by atoms with van der Waals surface area (Å²) in [6.45, 7) is 10.7. The summed E-state index contributed by atoms with van der Waals surface area (Å²) >= 11 is 6.34. The summed E-state index contributed by atoms with van der Waals surface area (Å²) < 4.78 is 7.21. The molecule has 0 amide bonds. The van der Waals surface area contributed by atoms with Crippen molar-refractivity contribution < 1.29 is 9.52 Å². The van der Waals surface area contributed by atoms with Crippen LogP contribution >= 0.6 is 11.6 Å². The molecule has 0 bridgehead atoms. The van der Waals surface area contributed by atoms with E-state index in [1.54, 1.807) is 11.6 Å². The van der Waals surface area contributed by atoms with Crippen LogP contribution in [0.15, 0.2) is 10.5 Å². The second-order valence-electron chi connectivity index (χ2n) is 6.64. The molecule has 0 aliphatic rings. The average molecular weight is 340 g/mol. The van der Waals surface area contributed by atoms with Gasteiger partial charge in [0.25, 0.3) is 0 Å². The van der Waals surface area contributed by atoms with Crippen molar-refractivity contribution in [2.45, 2.75) is 52.7 Å². The highest BCUT2D eigenvalue weighted by Gasteiger charge is 2.27. The molecule has 0 radical (unpaired) electrons. The van der Waals surface area contributed by atoms with Crippen LogP contribution in [0.4, 0.5) is 0 Å². The molecule has 0 saturated heterocycles. The van der Waals surface area contributed by atoms with Crippen molar-refractivity contribution in [3.8, 4) is 0 Å². The van der Waals surface area contributed by atoms with Crippen LogP contribution in [-0.4, -0.2) is 21.4 Å². The molecule has 0 saturated carbocycles. The first-order valence-electron chi connectivity index (χ1n) is 7.85. The minimum Gasteiger partial charge on any atom is -0.466 e. The predicted octanol–water partition coefficient (Wildman–Crippen LogP) is 3.40. The second-order valence-corrected chi connectivity index (χ2v) is 7.00. The van der Waals surface area contributed by atoms with Crippen LogP contribution in [-0.2, 0) is 19.2 Å². The third kappa shape index (κ3) is 3.79. The van der Waals surface area contributed by atoms with Gasteiger partial charge in [0.2, 0.25) is 0 Å². The van der Waals surface area contributed by atoms with Crippen molar-refractivity contribution in [3.05, 3.63) is 39.6 Å². The molecule has 2 heterocycles. The Kier molecular flexibility index (Phi) is 5.23. The lowest BCUT2D eigenvalue weighted by atomic mass is 9.96. The summed E-state index contributed by atoms with van der Waals surface area (Å²) in [6.07, 6.45) is 0. The molecule has 0 aromatic carbocycles. The van der Waals surface area contributed by atoms with Crippen LogP contribution in [0, 0.1) is 13.8 Å². The Morgan fingerprint density at radius 1 is 1.43 bits per heavy atom. The van der Waals surface area contributed by atoms with Gasteiger partial charge in [-0.05, 0) is 32.8 Å². The van der Waals surface area contributed by atoms with Gasteiger partial charge < -0.3 is 14.8 Å². The Labute approximate surface area is 142 Å². The molecule has 2 rings (SSSR count). The van der Waals surface area contributed by atoms with Crippen molar-refractivity contribution >= 4 is 11.6 Å². The van der Waals surface area contributed by atoms with Gasteiger partial charge in [-0.1, -0.05) is 25.4 Å². The fourth-order valence-corrected chi connectivity index (χ4v) is 3.09. The van der Waals surface area contributed by atoms with Crippen LogP contribution in [0.5, 0.6) is 0 Å². The highest BCUT2D eigenvalue weighted by molar-refractivity contribution is 6.30. The van der Waals surface area contributed by atoms with Crippen LogP contribution in [0.2, 0.25) is 5.15 Å². The Balaban J connectivity index is 2.09. The van der Waals surface area contributed by atoms with Crippen molar-refractivity contribution in [2.75, 3.05) is 6.54 Å². The van der Waals surface area contributed by atoms with Gasteiger partial charge in [-0.25, -0.2) is 0 Å². The minimum atomic E-state index is -1.01. The molecule has 1 unspecified atom stereocenters. The van der Waals surface area contributed by atoms with Gasteiger partial charge in [0.15, 0.2) is 0 Å². The molecule has 2 aromatic heterocycles. The van der Waals surface area contributed by atoms with Gasteiger partial charge in [0.05, 0.1) is 5.69 Å². The molecule has 2 N–H and O–H groups in total. The lowest BCUT2D eigenvalue weighted by Crippen LogP contribution is -2.35. The fraction of sp³-hybridized carbons (Fsp3) is 0.588. The number of aliphatic hydroxyl groups is 1. The van der Waals surface area contributed by atoms with Gasteiger partial charge in [-0.2, -0.15) is 5.10 Å². The standard InChI is InChI=1S/C17H26ClN3O2/c1-10(2)15-13(16(18)21(6)20-15)8-19-9-17(5,22)14-7-11(3)23-12(14)4/h7,10,19,22H,8-9H2,1-6H3. The molecule has 0 aliphatic carbocycles. The second kappa shape index (κ2) is 6.67. The van der Waals surface area contributed by atoms with E-state index in [9.17, 15) is 5.11 Å².